The number of hydrogen-bond donors (Lipinski definition) is 1. The SMILES string of the molecule is CC(C)(C)NCc1cn(-c2cncnc2)cn1. The van der Waals surface area contributed by atoms with Crippen LogP contribution in [0.2, 0.25) is 0 Å². The van der Waals surface area contributed by atoms with Gasteiger partial charge in [0.15, 0.2) is 0 Å². The predicted molar refractivity (Wildman–Crippen MR) is 65.7 cm³/mol. The Morgan fingerprint density at radius 3 is 2.59 bits per heavy atom. The zero-order valence-electron chi connectivity index (χ0n) is 10.4. The number of rotatable bonds is 3. The third-order valence-electron chi connectivity index (χ3n) is 2.28. The lowest BCUT2D eigenvalue weighted by atomic mass is 10.1. The van der Waals surface area contributed by atoms with Crippen LogP contribution < -0.4 is 5.32 Å². The molecule has 0 aliphatic carbocycles. The molecule has 2 rings (SSSR count). The van der Waals surface area contributed by atoms with Crippen molar-refractivity contribution in [2.45, 2.75) is 32.9 Å². The van der Waals surface area contributed by atoms with E-state index >= 15 is 0 Å². The van der Waals surface area contributed by atoms with Gasteiger partial charge in [-0.2, -0.15) is 0 Å². The molecule has 2 aromatic heterocycles. The molecule has 0 aromatic carbocycles. The van der Waals surface area contributed by atoms with Crippen molar-refractivity contribution in [3.8, 4) is 5.69 Å². The first-order chi connectivity index (χ1) is 8.04. The highest BCUT2D eigenvalue weighted by Gasteiger charge is 2.09. The van der Waals surface area contributed by atoms with Crippen LogP contribution in [0, 0.1) is 0 Å². The molecular weight excluding hydrogens is 214 g/mol. The van der Waals surface area contributed by atoms with E-state index in [2.05, 4.69) is 41.0 Å². The molecule has 5 nitrogen and oxygen atoms in total. The van der Waals surface area contributed by atoms with Gasteiger partial charge in [-0.05, 0) is 20.8 Å². The lowest BCUT2D eigenvalue weighted by molar-refractivity contribution is 0.421. The number of hydrogen-bond acceptors (Lipinski definition) is 4. The van der Waals surface area contributed by atoms with Gasteiger partial charge in [-0.15, -0.1) is 0 Å². The molecule has 0 spiro atoms. The van der Waals surface area contributed by atoms with E-state index in [9.17, 15) is 0 Å². The van der Waals surface area contributed by atoms with Crippen LogP contribution in [-0.4, -0.2) is 25.1 Å². The first-order valence-electron chi connectivity index (χ1n) is 5.58. The van der Waals surface area contributed by atoms with Crippen LogP contribution in [0.3, 0.4) is 0 Å². The molecule has 0 radical (unpaired) electrons. The molecule has 2 heterocycles. The topological polar surface area (TPSA) is 55.6 Å². The van der Waals surface area contributed by atoms with E-state index in [1.54, 1.807) is 18.7 Å². The van der Waals surface area contributed by atoms with Crippen LogP contribution in [0.4, 0.5) is 0 Å². The molecule has 0 aliphatic rings. The molecule has 2 aromatic rings. The Morgan fingerprint density at radius 2 is 1.94 bits per heavy atom. The highest BCUT2D eigenvalue weighted by molar-refractivity contribution is 5.25. The average Bonchev–Trinajstić information content (AvgIpc) is 2.75. The Hall–Kier alpha value is -1.75. The van der Waals surface area contributed by atoms with Gasteiger partial charge in [0.2, 0.25) is 0 Å². The van der Waals surface area contributed by atoms with Gasteiger partial charge in [0.25, 0.3) is 0 Å². The maximum absolute atomic E-state index is 4.34. The molecule has 0 unspecified atom stereocenters. The standard InChI is InChI=1S/C12H17N5/c1-12(2,3)16-4-10-7-17(9-15-10)11-5-13-8-14-6-11/h5-9,16H,4H2,1-3H3. The third kappa shape index (κ3) is 3.35. The fraction of sp³-hybridized carbons (Fsp3) is 0.417. The molecule has 17 heavy (non-hydrogen) atoms. The highest BCUT2D eigenvalue weighted by atomic mass is 15.1. The summed E-state index contributed by atoms with van der Waals surface area (Å²) in [5, 5.41) is 3.40. The number of aromatic nitrogens is 4. The summed E-state index contributed by atoms with van der Waals surface area (Å²) in [6.45, 7) is 7.16. The summed E-state index contributed by atoms with van der Waals surface area (Å²) in [4.78, 5) is 12.3. The second kappa shape index (κ2) is 4.63. The van der Waals surface area contributed by atoms with E-state index < -0.39 is 0 Å². The fourth-order valence-electron chi connectivity index (χ4n) is 1.38. The Kier molecular flexibility index (Phi) is 3.19. The summed E-state index contributed by atoms with van der Waals surface area (Å²) in [7, 11) is 0. The monoisotopic (exact) mass is 231 g/mol. The highest BCUT2D eigenvalue weighted by Crippen LogP contribution is 2.07. The summed E-state index contributed by atoms with van der Waals surface area (Å²) >= 11 is 0. The molecule has 1 N–H and O–H groups in total. The van der Waals surface area contributed by atoms with Crippen LogP contribution in [0.5, 0.6) is 0 Å². The minimum Gasteiger partial charge on any atom is -0.306 e. The van der Waals surface area contributed by atoms with Crippen LogP contribution in [0.15, 0.2) is 31.2 Å². The minimum atomic E-state index is 0.0969. The van der Waals surface area contributed by atoms with Crippen LogP contribution in [0.1, 0.15) is 26.5 Å². The van der Waals surface area contributed by atoms with Crippen molar-refractivity contribution >= 4 is 0 Å². The molecular formula is C12H17N5. The summed E-state index contributed by atoms with van der Waals surface area (Å²) in [6.07, 6.45) is 8.80. The summed E-state index contributed by atoms with van der Waals surface area (Å²) in [6, 6.07) is 0. The molecule has 0 fully saturated rings. The summed E-state index contributed by atoms with van der Waals surface area (Å²) in [5.74, 6) is 0. The van der Waals surface area contributed by atoms with Gasteiger partial charge in [0.05, 0.1) is 30.1 Å². The first-order valence-corrected chi connectivity index (χ1v) is 5.58. The van der Waals surface area contributed by atoms with Crippen LogP contribution >= 0.6 is 0 Å². The summed E-state index contributed by atoms with van der Waals surface area (Å²) < 4.78 is 1.92. The number of nitrogens with zero attached hydrogens (tertiary/aromatic N) is 4. The zero-order chi connectivity index (χ0) is 12.3. The quantitative estimate of drug-likeness (QED) is 0.870. The molecule has 0 aliphatic heterocycles. The molecule has 5 heteroatoms. The van der Waals surface area contributed by atoms with Gasteiger partial charge in [-0.25, -0.2) is 15.0 Å². The van der Waals surface area contributed by atoms with Crippen LogP contribution in [0.25, 0.3) is 5.69 Å². The van der Waals surface area contributed by atoms with E-state index in [-0.39, 0.29) is 5.54 Å². The lowest BCUT2D eigenvalue weighted by Gasteiger charge is -2.19. The largest absolute Gasteiger partial charge is 0.306 e. The van der Waals surface area contributed by atoms with Gasteiger partial charge in [0.1, 0.15) is 6.33 Å². The third-order valence-corrected chi connectivity index (χ3v) is 2.28. The maximum atomic E-state index is 4.34. The predicted octanol–water partition coefficient (Wildman–Crippen LogP) is 1.55. The number of imidazole rings is 1. The number of nitrogens with one attached hydrogen (secondary N) is 1. The fourth-order valence-corrected chi connectivity index (χ4v) is 1.38. The average molecular weight is 231 g/mol. The Bertz CT molecular complexity index is 469. The lowest BCUT2D eigenvalue weighted by Crippen LogP contribution is -2.35. The molecule has 0 saturated heterocycles. The van der Waals surface area contributed by atoms with E-state index in [0.29, 0.717) is 0 Å². The molecule has 0 bridgehead atoms. The van der Waals surface area contributed by atoms with Crippen molar-refractivity contribution in [2.75, 3.05) is 0 Å². The van der Waals surface area contributed by atoms with Crippen LogP contribution in [-0.2, 0) is 6.54 Å². The Labute approximate surface area is 101 Å². The van der Waals surface area contributed by atoms with Crippen molar-refractivity contribution in [3.63, 3.8) is 0 Å². The van der Waals surface area contributed by atoms with Crippen molar-refractivity contribution in [1.29, 1.82) is 0 Å². The van der Waals surface area contributed by atoms with Gasteiger partial charge in [-0.1, -0.05) is 0 Å². The van der Waals surface area contributed by atoms with Crippen molar-refractivity contribution in [1.82, 2.24) is 24.8 Å². The maximum Gasteiger partial charge on any atom is 0.115 e. The summed E-state index contributed by atoms with van der Waals surface area (Å²) in [5.41, 5.74) is 2.02. The van der Waals surface area contributed by atoms with Crippen molar-refractivity contribution < 1.29 is 0 Å². The molecule has 0 saturated carbocycles. The van der Waals surface area contributed by atoms with E-state index in [1.807, 2.05) is 10.8 Å². The van der Waals surface area contributed by atoms with Gasteiger partial charge in [0, 0.05) is 18.3 Å². The Morgan fingerprint density at radius 1 is 1.24 bits per heavy atom. The second-order valence-electron chi connectivity index (χ2n) is 4.97. The molecule has 90 valence electrons. The second-order valence-corrected chi connectivity index (χ2v) is 4.97. The van der Waals surface area contributed by atoms with Crippen molar-refractivity contribution in [2.24, 2.45) is 0 Å². The normalized spacial score (nSPS) is 11.7. The van der Waals surface area contributed by atoms with E-state index in [0.717, 1.165) is 17.9 Å². The van der Waals surface area contributed by atoms with Gasteiger partial charge < -0.3 is 9.88 Å². The molecule has 0 atom stereocenters. The van der Waals surface area contributed by atoms with Gasteiger partial charge in [-0.3, -0.25) is 0 Å². The van der Waals surface area contributed by atoms with Gasteiger partial charge >= 0.3 is 0 Å². The first kappa shape index (κ1) is 11.7. The van der Waals surface area contributed by atoms with E-state index in [4.69, 9.17) is 0 Å². The smallest absolute Gasteiger partial charge is 0.115 e. The van der Waals surface area contributed by atoms with Crippen molar-refractivity contribution in [3.05, 3.63) is 36.9 Å². The Balaban J connectivity index is 2.07. The molecule has 0 amide bonds. The van der Waals surface area contributed by atoms with E-state index in [1.165, 1.54) is 6.33 Å². The zero-order valence-corrected chi connectivity index (χ0v) is 10.4. The minimum absolute atomic E-state index is 0.0969.